The fraction of sp³-hybridized carbons (Fsp3) is 0.0149. The van der Waals surface area contributed by atoms with Crippen molar-refractivity contribution in [3.63, 3.8) is 0 Å². The molecule has 13 aromatic rings. The molecular formula is C67H41NO2. The largest absolute Gasteiger partial charge is 0.456 e. The number of furan rings is 2. The van der Waals surface area contributed by atoms with E-state index in [1.165, 1.54) is 55.6 Å². The summed E-state index contributed by atoms with van der Waals surface area (Å²) in [7, 11) is 0. The van der Waals surface area contributed by atoms with Gasteiger partial charge in [0.15, 0.2) is 0 Å². The van der Waals surface area contributed by atoms with Crippen molar-refractivity contribution in [3.8, 4) is 55.6 Å². The number of hydrogen-bond donors (Lipinski definition) is 0. The van der Waals surface area contributed by atoms with Gasteiger partial charge in [0.2, 0.25) is 0 Å². The van der Waals surface area contributed by atoms with E-state index in [9.17, 15) is 0 Å². The summed E-state index contributed by atoms with van der Waals surface area (Å²) in [5, 5.41) is 4.12. The van der Waals surface area contributed by atoms with Crippen molar-refractivity contribution in [2.45, 2.75) is 5.41 Å². The summed E-state index contributed by atoms with van der Waals surface area (Å²) in [5.41, 5.74) is 23.0. The van der Waals surface area contributed by atoms with E-state index in [1.54, 1.807) is 0 Å². The average Bonchev–Trinajstić information content (AvgIpc) is 4.17. The van der Waals surface area contributed by atoms with Gasteiger partial charge in [0.25, 0.3) is 0 Å². The van der Waals surface area contributed by atoms with Crippen molar-refractivity contribution in [2.24, 2.45) is 0 Å². The van der Waals surface area contributed by atoms with Crippen molar-refractivity contribution < 1.29 is 8.83 Å². The minimum Gasteiger partial charge on any atom is -0.456 e. The van der Waals surface area contributed by atoms with Crippen LogP contribution in [0.15, 0.2) is 258 Å². The van der Waals surface area contributed by atoms with Crippen LogP contribution in [0.5, 0.6) is 0 Å². The van der Waals surface area contributed by atoms with Crippen molar-refractivity contribution in [3.05, 3.63) is 271 Å². The van der Waals surface area contributed by atoms with E-state index in [0.717, 1.165) is 83.2 Å². The lowest BCUT2D eigenvalue weighted by molar-refractivity contribution is 0.664. The third-order valence-corrected chi connectivity index (χ3v) is 15.1. The minimum atomic E-state index is -0.496. The fourth-order valence-corrected chi connectivity index (χ4v) is 12.2. The van der Waals surface area contributed by atoms with E-state index in [0.29, 0.717) is 0 Å². The zero-order chi connectivity index (χ0) is 45.9. The molecule has 326 valence electrons. The lowest BCUT2D eigenvalue weighted by atomic mass is 9.70. The summed E-state index contributed by atoms with van der Waals surface area (Å²) in [6, 6.07) is 90.3. The van der Waals surface area contributed by atoms with Crippen LogP contribution in [0.1, 0.15) is 22.3 Å². The predicted octanol–water partition coefficient (Wildman–Crippen LogP) is 18.3. The highest BCUT2D eigenvalue weighted by Gasteiger charge is 2.51. The molecule has 0 atom stereocenters. The third-order valence-electron chi connectivity index (χ3n) is 15.1. The topological polar surface area (TPSA) is 29.5 Å². The summed E-state index contributed by atoms with van der Waals surface area (Å²) in [4.78, 5) is 2.44. The van der Waals surface area contributed by atoms with E-state index >= 15 is 0 Å². The zero-order valence-electron chi connectivity index (χ0n) is 37.9. The van der Waals surface area contributed by atoms with Gasteiger partial charge in [-0.15, -0.1) is 0 Å². The summed E-state index contributed by atoms with van der Waals surface area (Å²) in [5.74, 6) is 0. The van der Waals surface area contributed by atoms with Crippen LogP contribution in [0.2, 0.25) is 0 Å². The molecular weight excluding hydrogens is 851 g/mol. The molecule has 2 heterocycles. The first-order valence-electron chi connectivity index (χ1n) is 24.1. The van der Waals surface area contributed by atoms with Crippen LogP contribution in [0.4, 0.5) is 17.1 Å². The maximum atomic E-state index is 7.22. The third kappa shape index (κ3) is 5.46. The number of anilines is 3. The Labute approximate surface area is 404 Å². The van der Waals surface area contributed by atoms with E-state index in [2.05, 4.69) is 248 Å². The molecule has 0 amide bonds. The Morgan fingerprint density at radius 2 is 0.800 bits per heavy atom. The predicted molar refractivity (Wildman–Crippen MR) is 288 cm³/mol. The van der Waals surface area contributed by atoms with Crippen LogP contribution in [0.25, 0.3) is 99.5 Å². The SMILES string of the molecule is c1ccc(-c2ccc(-c3c4oc5cccc(N(c6ccc(-c7ccccc7)cc6)c6ccc7c(c6)C6(c8ccccc8-c8ccccc86)c6ccccc6-7)c5c4cc4oc5ccccc5c34)cc2)cc1. The van der Waals surface area contributed by atoms with E-state index < -0.39 is 5.41 Å². The van der Waals surface area contributed by atoms with E-state index in [4.69, 9.17) is 8.83 Å². The molecule has 0 N–H and O–H groups in total. The molecule has 0 aliphatic heterocycles. The maximum Gasteiger partial charge on any atom is 0.144 e. The molecule has 2 aromatic heterocycles. The Hall–Kier alpha value is -9.18. The Bertz CT molecular complexity index is 4160. The normalized spacial score (nSPS) is 13.0. The van der Waals surface area contributed by atoms with Gasteiger partial charge in [0.05, 0.1) is 16.5 Å². The molecule has 0 fully saturated rings. The number of nitrogens with zero attached hydrogens (tertiary/aromatic N) is 1. The Balaban J connectivity index is 1.00. The average molecular weight is 892 g/mol. The van der Waals surface area contributed by atoms with Gasteiger partial charge >= 0.3 is 0 Å². The molecule has 3 heteroatoms. The van der Waals surface area contributed by atoms with Gasteiger partial charge < -0.3 is 13.7 Å². The molecule has 0 radical (unpaired) electrons. The molecule has 70 heavy (non-hydrogen) atoms. The summed E-state index contributed by atoms with van der Waals surface area (Å²) in [6.07, 6.45) is 0. The Morgan fingerprint density at radius 1 is 0.300 bits per heavy atom. The van der Waals surface area contributed by atoms with Crippen molar-refractivity contribution in [1.82, 2.24) is 0 Å². The number of benzene rings is 11. The monoisotopic (exact) mass is 891 g/mol. The standard InChI is InChI=1S/C67H41NO2/c1-3-16-42(17-4-1)44-30-32-46(33-31-44)63-65-53-23-10-14-28-60(53)69-62(65)41-54-64-59(27-15-29-61(64)70-66(54)63)68(47-36-34-45(35-37-47)43-18-5-2-6-19-43)48-38-39-52-51-22-9-13-26-57(51)67(58(52)40-48)55-24-11-7-20-49(55)50-21-8-12-25-56(50)67/h1-41H. The summed E-state index contributed by atoms with van der Waals surface area (Å²) >= 11 is 0. The minimum absolute atomic E-state index is 0.496. The van der Waals surface area contributed by atoms with Gasteiger partial charge in [-0.2, -0.15) is 0 Å². The lowest BCUT2D eigenvalue weighted by Gasteiger charge is -2.32. The molecule has 11 aromatic carbocycles. The highest BCUT2D eigenvalue weighted by molar-refractivity contribution is 6.25. The molecule has 2 aliphatic carbocycles. The second-order valence-corrected chi connectivity index (χ2v) is 18.7. The number of fused-ring (bicyclic) bond motifs is 16. The molecule has 0 saturated carbocycles. The van der Waals surface area contributed by atoms with Crippen LogP contribution in [-0.4, -0.2) is 0 Å². The zero-order valence-corrected chi connectivity index (χ0v) is 37.9. The molecule has 0 unspecified atom stereocenters. The van der Waals surface area contributed by atoms with Gasteiger partial charge in [-0.3, -0.25) is 0 Å². The van der Waals surface area contributed by atoms with Crippen LogP contribution >= 0.6 is 0 Å². The van der Waals surface area contributed by atoms with Gasteiger partial charge in [-0.25, -0.2) is 0 Å². The van der Waals surface area contributed by atoms with Crippen LogP contribution in [0.3, 0.4) is 0 Å². The first-order valence-corrected chi connectivity index (χ1v) is 24.1. The Kier molecular flexibility index (Phi) is 8.28. The molecule has 0 saturated heterocycles. The van der Waals surface area contributed by atoms with Crippen LogP contribution < -0.4 is 4.90 Å². The van der Waals surface area contributed by atoms with Crippen LogP contribution in [-0.2, 0) is 5.41 Å². The van der Waals surface area contributed by atoms with Crippen molar-refractivity contribution in [1.29, 1.82) is 0 Å². The van der Waals surface area contributed by atoms with Crippen molar-refractivity contribution >= 4 is 60.9 Å². The summed E-state index contributed by atoms with van der Waals surface area (Å²) < 4.78 is 14.0. The maximum absolute atomic E-state index is 7.22. The molecule has 3 nitrogen and oxygen atoms in total. The van der Waals surface area contributed by atoms with Crippen LogP contribution in [0, 0.1) is 0 Å². The Morgan fingerprint density at radius 3 is 1.44 bits per heavy atom. The number of rotatable bonds is 6. The van der Waals surface area contributed by atoms with E-state index in [1.807, 2.05) is 6.07 Å². The van der Waals surface area contributed by atoms with E-state index in [-0.39, 0.29) is 0 Å². The quantitative estimate of drug-likeness (QED) is 0.167. The second-order valence-electron chi connectivity index (χ2n) is 18.7. The molecule has 0 bridgehead atoms. The summed E-state index contributed by atoms with van der Waals surface area (Å²) in [6.45, 7) is 0. The molecule has 15 rings (SSSR count). The fourth-order valence-electron chi connectivity index (χ4n) is 12.2. The van der Waals surface area contributed by atoms with Crippen molar-refractivity contribution in [2.75, 3.05) is 4.90 Å². The molecule has 1 spiro atoms. The highest BCUT2D eigenvalue weighted by atomic mass is 16.3. The number of hydrogen-bond acceptors (Lipinski definition) is 3. The smallest absolute Gasteiger partial charge is 0.144 e. The van der Waals surface area contributed by atoms with Gasteiger partial charge in [0, 0.05) is 33.1 Å². The number of para-hydroxylation sites is 1. The first kappa shape index (κ1) is 38.9. The second kappa shape index (κ2) is 14.9. The van der Waals surface area contributed by atoms with Gasteiger partial charge in [0.1, 0.15) is 22.3 Å². The van der Waals surface area contributed by atoms with Gasteiger partial charge in [-0.1, -0.05) is 200 Å². The highest BCUT2D eigenvalue weighted by Crippen LogP contribution is 2.63. The first-order chi connectivity index (χ1) is 34.7. The molecule has 2 aliphatic rings. The lowest BCUT2D eigenvalue weighted by Crippen LogP contribution is -2.26. The van der Waals surface area contributed by atoms with Gasteiger partial charge in [-0.05, 0) is 121 Å².